The molecule has 0 aliphatic heterocycles. The number of aromatic nitrogens is 1. The van der Waals surface area contributed by atoms with E-state index in [4.69, 9.17) is 11.6 Å². The molecule has 0 spiro atoms. The standard InChI is InChI=1S/C13H13ClN2/c1-10-3-2-4-11(7-10)9-16-12-5-6-15-13(14)8-12/h2-8H,9H2,1H3,(H,15,16). The molecule has 0 bridgehead atoms. The number of hydrogen-bond donors (Lipinski definition) is 1. The number of rotatable bonds is 3. The quantitative estimate of drug-likeness (QED) is 0.817. The van der Waals surface area contributed by atoms with E-state index in [1.807, 2.05) is 12.1 Å². The minimum absolute atomic E-state index is 0.509. The van der Waals surface area contributed by atoms with Crippen LogP contribution in [0.5, 0.6) is 0 Å². The van der Waals surface area contributed by atoms with Gasteiger partial charge < -0.3 is 5.32 Å². The average Bonchev–Trinajstić information content (AvgIpc) is 2.27. The van der Waals surface area contributed by atoms with Gasteiger partial charge >= 0.3 is 0 Å². The number of pyridine rings is 1. The predicted molar refractivity (Wildman–Crippen MR) is 67.8 cm³/mol. The van der Waals surface area contributed by atoms with Crippen molar-refractivity contribution in [2.75, 3.05) is 5.32 Å². The van der Waals surface area contributed by atoms with Gasteiger partial charge in [-0.3, -0.25) is 0 Å². The van der Waals surface area contributed by atoms with Crippen LogP contribution >= 0.6 is 11.6 Å². The van der Waals surface area contributed by atoms with Gasteiger partial charge in [-0.25, -0.2) is 4.98 Å². The molecule has 0 atom stereocenters. The van der Waals surface area contributed by atoms with Crippen molar-refractivity contribution in [2.45, 2.75) is 13.5 Å². The lowest BCUT2D eigenvalue weighted by molar-refractivity contribution is 1.13. The summed E-state index contributed by atoms with van der Waals surface area (Å²) in [7, 11) is 0. The first-order valence-corrected chi connectivity index (χ1v) is 5.53. The smallest absolute Gasteiger partial charge is 0.131 e. The topological polar surface area (TPSA) is 24.9 Å². The molecule has 0 aliphatic rings. The van der Waals surface area contributed by atoms with Crippen LogP contribution in [0, 0.1) is 6.92 Å². The van der Waals surface area contributed by atoms with Gasteiger partial charge in [0.2, 0.25) is 0 Å². The van der Waals surface area contributed by atoms with Crippen molar-refractivity contribution < 1.29 is 0 Å². The summed E-state index contributed by atoms with van der Waals surface area (Å²) < 4.78 is 0. The summed E-state index contributed by atoms with van der Waals surface area (Å²) in [4.78, 5) is 3.93. The Morgan fingerprint density at radius 1 is 1.25 bits per heavy atom. The van der Waals surface area contributed by atoms with Crippen molar-refractivity contribution in [2.24, 2.45) is 0 Å². The molecule has 0 unspecified atom stereocenters. The molecule has 0 saturated heterocycles. The molecule has 0 radical (unpaired) electrons. The molecule has 0 amide bonds. The van der Waals surface area contributed by atoms with E-state index in [1.54, 1.807) is 6.20 Å². The number of benzene rings is 1. The fourth-order valence-corrected chi connectivity index (χ4v) is 1.71. The maximum Gasteiger partial charge on any atom is 0.131 e. The van der Waals surface area contributed by atoms with Crippen molar-refractivity contribution in [3.63, 3.8) is 0 Å². The highest BCUT2D eigenvalue weighted by Gasteiger charge is 1.95. The van der Waals surface area contributed by atoms with Gasteiger partial charge in [-0.1, -0.05) is 41.4 Å². The summed E-state index contributed by atoms with van der Waals surface area (Å²) >= 11 is 5.80. The van der Waals surface area contributed by atoms with Crippen molar-refractivity contribution >= 4 is 17.3 Å². The Labute approximate surface area is 100 Å². The Hall–Kier alpha value is -1.54. The Kier molecular flexibility index (Phi) is 3.42. The second kappa shape index (κ2) is 4.99. The average molecular weight is 233 g/mol. The summed E-state index contributed by atoms with van der Waals surface area (Å²) in [5.41, 5.74) is 3.52. The molecule has 1 heterocycles. The number of hydrogen-bond acceptors (Lipinski definition) is 2. The van der Waals surface area contributed by atoms with Crippen LogP contribution in [0.15, 0.2) is 42.6 Å². The molecular weight excluding hydrogens is 220 g/mol. The van der Waals surface area contributed by atoms with Crippen LogP contribution in [0.25, 0.3) is 0 Å². The number of nitrogens with zero attached hydrogens (tertiary/aromatic N) is 1. The fourth-order valence-electron chi connectivity index (χ4n) is 1.54. The van der Waals surface area contributed by atoms with Crippen LogP contribution in [0.4, 0.5) is 5.69 Å². The number of nitrogens with one attached hydrogen (secondary N) is 1. The molecule has 3 heteroatoms. The number of aryl methyl sites for hydroxylation is 1. The fraction of sp³-hybridized carbons (Fsp3) is 0.154. The first-order valence-electron chi connectivity index (χ1n) is 5.15. The van der Waals surface area contributed by atoms with Gasteiger partial charge in [0.25, 0.3) is 0 Å². The molecule has 1 aromatic heterocycles. The van der Waals surface area contributed by atoms with Gasteiger partial charge in [-0.05, 0) is 24.6 Å². The van der Waals surface area contributed by atoms with E-state index >= 15 is 0 Å². The maximum atomic E-state index is 5.80. The van der Waals surface area contributed by atoms with Crippen molar-refractivity contribution in [1.82, 2.24) is 4.98 Å². The molecule has 0 fully saturated rings. The lowest BCUT2D eigenvalue weighted by Gasteiger charge is -2.07. The lowest BCUT2D eigenvalue weighted by atomic mass is 10.1. The number of anilines is 1. The van der Waals surface area contributed by atoms with E-state index < -0.39 is 0 Å². The highest BCUT2D eigenvalue weighted by molar-refractivity contribution is 6.29. The van der Waals surface area contributed by atoms with Crippen molar-refractivity contribution in [1.29, 1.82) is 0 Å². The molecule has 0 aliphatic carbocycles. The molecule has 1 N–H and O–H groups in total. The van der Waals surface area contributed by atoms with E-state index in [1.165, 1.54) is 11.1 Å². The van der Waals surface area contributed by atoms with Crippen molar-refractivity contribution in [3.05, 3.63) is 58.9 Å². The largest absolute Gasteiger partial charge is 0.381 e. The summed E-state index contributed by atoms with van der Waals surface area (Å²) in [5.74, 6) is 0. The van der Waals surface area contributed by atoms with Gasteiger partial charge in [0.1, 0.15) is 5.15 Å². The predicted octanol–water partition coefficient (Wildman–Crippen LogP) is 3.66. The minimum atomic E-state index is 0.509. The Morgan fingerprint density at radius 3 is 2.88 bits per heavy atom. The van der Waals surface area contributed by atoms with Crippen LogP contribution < -0.4 is 5.32 Å². The zero-order chi connectivity index (χ0) is 11.4. The first kappa shape index (κ1) is 11.0. The van der Waals surface area contributed by atoms with Gasteiger partial charge in [0, 0.05) is 18.4 Å². The van der Waals surface area contributed by atoms with E-state index in [9.17, 15) is 0 Å². The second-order valence-electron chi connectivity index (χ2n) is 3.71. The van der Waals surface area contributed by atoms with Gasteiger partial charge in [0.05, 0.1) is 0 Å². The van der Waals surface area contributed by atoms with Crippen molar-refractivity contribution in [3.8, 4) is 0 Å². The Morgan fingerprint density at radius 2 is 2.12 bits per heavy atom. The summed E-state index contributed by atoms with van der Waals surface area (Å²) in [6, 6.07) is 12.1. The Balaban J connectivity index is 2.02. The minimum Gasteiger partial charge on any atom is -0.381 e. The first-order chi connectivity index (χ1) is 7.74. The third kappa shape index (κ3) is 2.97. The van der Waals surface area contributed by atoms with Crippen LogP contribution in [0.3, 0.4) is 0 Å². The third-order valence-electron chi connectivity index (χ3n) is 2.31. The molecular formula is C13H13ClN2. The molecule has 1 aromatic carbocycles. The summed E-state index contributed by atoms with van der Waals surface area (Å²) in [5, 5.41) is 3.81. The molecule has 0 saturated carbocycles. The lowest BCUT2D eigenvalue weighted by Crippen LogP contribution is -1.99. The highest BCUT2D eigenvalue weighted by Crippen LogP contribution is 2.13. The van der Waals surface area contributed by atoms with E-state index in [2.05, 4.69) is 41.5 Å². The van der Waals surface area contributed by atoms with E-state index in [-0.39, 0.29) is 0 Å². The van der Waals surface area contributed by atoms with Gasteiger partial charge in [-0.2, -0.15) is 0 Å². The highest BCUT2D eigenvalue weighted by atomic mass is 35.5. The summed E-state index contributed by atoms with van der Waals surface area (Å²) in [6.07, 6.45) is 1.70. The monoisotopic (exact) mass is 232 g/mol. The molecule has 16 heavy (non-hydrogen) atoms. The van der Waals surface area contributed by atoms with E-state index in [0.717, 1.165) is 12.2 Å². The van der Waals surface area contributed by atoms with Gasteiger partial charge in [0.15, 0.2) is 0 Å². The van der Waals surface area contributed by atoms with Crippen LogP contribution in [0.2, 0.25) is 5.15 Å². The summed E-state index contributed by atoms with van der Waals surface area (Å²) in [6.45, 7) is 2.88. The van der Waals surface area contributed by atoms with Crippen LogP contribution in [-0.4, -0.2) is 4.98 Å². The normalized spacial score (nSPS) is 10.1. The molecule has 2 aromatic rings. The maximum absolute atomic E-state index is 5.80. The van der Waals surface area contributed by atoms with Gasteiger partial charge in [-0.15, -0.1) is 0 Å². The van der Waals surface area contributed by atoms with E-state index in [0.29, 0.717) is 5.15 Å². The van der Waals surface area contributed by atoms with Crippen LogP contribution in [-0.2, 0) is 6.54 Å². The Bertz CT molecular complexity index is 437. The second-order valence-corrected chi connectivity index (χ2v) is 4.10. The van der Waals surface area contributed by atoms with Crippen LogP contribution in [0.1, 0.15) is 11.1 Å². The molecule has 2 nitrogen and oxygen atoms in total. The SMILES string of the molecule is Cc1cccc(CNc2ccnc(Cl)c2)c1. The third-order valence-corrected chi connectivity index (χ3v) is 2.51. The molecule has 2 rings (SSSR count). The zero-order valence-corrected chi connectivity index (χ0v) is 9.83. The number of halogens is 1. The molecule has 82 valence electrons. The zero-order valence-electron chi connectivity index (χ0n) is 9.07.